The minimum absolute atomic E-state index is 0.229. The lowest BCUT2D eigenvalue weighted by Crippen LogP contribution is -2.39. The van der Waals surface area contributed by atoms with Crippen molar-refractivity contribution >= 4 is 11.7 Å². The van der Waals surface area contributed by atoms with Crippen LogP contribution in [-0.4, -0.2) is 53.3 Å². The number of anilines is 1. The number of fused-ring (bicyclic) bond motifs is 1. The number of carboxylic acids is 1. The Balaban J connectivity index is 1.56. The molecule has 1 fully saturated rings. The van der Waals surface area contributed by atoms with E-state index in [1.807, 2.05) is 34.6 Å². The van der Waals surface area contributed by atoms with Crippen molar-refractivity contribution in [3.63, 3.8) is 0 Å². The zero-order chi connectivity index (χ0) is 32.7. The van der Waals surface area contributed by atoms with E-state index >= 15 is 0 Å². The molecule has 0 aliphatic carbocycles. The molecule has 242 valence electrons. The Kier molecular flexibility index (Phi) is 9.30. The number of rotatable bonds is 8. The molecule has 3 heterocycles. The van der Waals surface area contributed by atoms with Gasteiger partial charge in [0.2, 0.25) is 0 Å². The normalized spacial score (nSPS) is 17.6. The van der Waals surface area contributed by atoms with Gasteiger partial charge in [-0.2, -0.15) is 0 Å². The van der Waals surface area contributed by atoms with Gasteiger partial charge in [0, 0.05) is 60.8 Å². The second kappa shape index (κ2) is 12.7. The van der Waals surface area contributed by atoms with Crippen LogP contribution in [0.4, 0.5) is 10.1 Å². The third-order valence-corrected chi connectivity index (χ3v) is 9.23. The number of methoxy groups -OCH3 is 1. The van der Waals surface area contributed by atoms with Gasteiger partial charge in [-0.15, -0.1) is 0 Å². The Labute approximate surface area is 267 Å². The fourth-order valence-electron chi connectivity index (χ4n) is 6.76. The number of carboxylic acid groups (broad SMARTS) is 1. The van der Waals surface area contributed by atoms with Gasteiger partial charge in [0.1, 0.15) is 11.6 Å². The maximum atomic E-state index is 14.7. The van der Waals surface area contributed by atoms with Gasteiger partial charge in [0.05, 0.1) is 18.4 Å². The number of halogens is 1. The summed E-state index contributed by atoms with van der Waals surface area (Å²) in [6.45, 7) is 17.8. The van der Waals surface area contributed by atoms with Crippen LogP contribution in [0, 0.1) is 25.1 Å². The average Bonchev–Trinajstić information content (AvgIpc) is 2.96. The van der Waals surface area contributed by atoms with Crippen molar-refractivity contribution in [1.29, 1.82) is 0 Å². The fourth-order valence-corrected chi connectivity index (χ4v) is 6.76. The molecule has 0 radical (unpaired) electrons. The first-order valence-corrected chi connectivity index (χ1v) is 16.0. The van der Waals surface area contributed by atoms with Crippen LogP contribution in [-0.2, 0) is 29.0 Å². The lowest BCUT2D eigenvalue weighted by atomic mass is 9.81. The highest BCUT2D eigenvalue weighted by Crippen LogP contribution is 2.45. The van der Waals surface area contributed by atoms with Crippen molar-refractivity contribution in [1.82, 2.24) is 9.88 Å². The molecule has 0 bridgehead atoms. The van der Waals surface area contributed by atoms with E-state index in [0.29, 0.717) is 35.7 Å². The van der Waals surface area contributed by atoms with Crippen molar-refractivity contribution in [3.05, 3.63) is 75.9 Å². The SMILES string of the molecule is COc1cccc(F)c1CN1CCc2cc(-c3c(C)nc(C)c(C(OC(C)(C)C)C(=O)O)c3N3CCC(C)(C)CC3)ccc2C1. The zero-order valence-electron chi connectivity index (χ0n) is 28.1. The summed E-state index contributed by atoms with van der Waals surface area (Å²) in [7, 11) is 1.57. The molecule has 45 heavy (non-hydrogen) atoms. The second-order valence-corrected chi connectivity index (χ2v) is 14.4. The molecule has 1 unspecified atom stereocenters. The largest absolute Gasteiger partial charge is 0.496 e. The number of ether oxygens (including phenoxy) is 2. The standard InChI is InChI=1S/C37H48FN3O4/c1-23-31(26-12-13-27-21-40(17-14-25(27)20-26)22-28-29(38)10-9-11-30(28)44-8)33(41-18-15-37(6,7)16-19-41)32(24(2)39-23)34(35(42)43)45-36(3,4)5/h9-13,20,34H,14-19,21-22H2,1-8H3,(H,42,43). The predicted octanol–water partition coefficient (Wildman–Crippen LogP) is 7.64. The summed E-state index contributed by atoms with van der Waals surface area (Å²) in [6, 6.07) is 11.5. The summed E-state index contributed by atoms with van der Waals surface area (Å²) < 4.78 is 26.4. The molecule has 1 N–H and O–H groups in total. The first kappa shape index (κ1) is 32.9. The molecule has 0 amide bonds. The van der Waals surface area contributed by atoms with Gasteiger partial charge >= 0.3 is 5.97 Å². The minimum atomic E-state index is -1.15. The zero-order valence-corrected chi connectivity index (χ0v) is 28.1. The van der Waals surface area contributed by atoms with Crippen LogP contribution in [0.3, 0.4) is 0 Å². The molecule has 0 saturated carbocycles. The van der Waals surface area contributed by atoms with Crippen molar-refractivity contribution in [2.45, 2.75) is 92.5 Å². The molecule has 7 nitrogen and oxygen atoms in total. The summed E-state index contributed by atoms with van der Waals surface area (Å²) in [5.74, 6) is -0.698. The molecule has 1 atom stereocenters. The van der Waals surface area contributed by atoms with E-state index in [0.717, 1.165) is 61.4 Å². The number of hydrogen-bond acceptors (Lipinski definition) is 6. The number of carbonyl (C=O) groups is 1. The van der Waals surface area contributed by atoms with Crippen molar-refractivity contribution in [2.75, 3.05) is 31.6 Å². The van der Waals surface area contributed by atoms with Crippen molar-refractivity contribution in [3.8, 4) is 16.9 Å². The average molecular weight is 618 g/mol. The summed E-state index contributed by atoms with van der Waals surface area (Å²) in [6.07, 6.45) is 1.69. The van der Waals surface area contributed by atoms with Gasteiger partial charge in [-0.3, -0.25) is 9.88 Å². The van der Waals surface area contributed by atoms with Crippen LogP contribution < -0.4 is 9.64 Å². The number of pyridine rings is 1. The number of aliphatic carboxylic acids is 1. The number of hydrogen-bond donors (Lipinski definition) is 1. The number of nitrogens with zero attached hydrogens (tertiary/aromatic N) is 3. The van der Waals surface area contributed by atoms with Gasteiger partial charge < -0.3 is 19.5 Å². The van der Waals surface area contributed by atoms with Crippen molar-refractivity contribution in [2.24, 2.45) is 5.41 Å². The van der Waals surface area contributed by atoms with Gasteiger partial charge in [0.15, 0.2) is 6.10 Å². The van der Waals surface area contributed by atoms with E-state index < -0.39 is 17.7 Å². The highest BCUT2D eigenvalue weighted by atomic mass is 19.1. The van der Waals surface area contributed by atoms with E-state index in [-0.39, 0.29) is 11.2 Å². The molecular formula is C37H48FN3O4. The smallest absolute Gasteiger partial charge is 0.337 e. The topological polar surface area (TPSA) is 75.1 Å². The molecule has 0 spiro atoms. The first-order chi connectivity index (χ1) is 21.2. The maximum Gasteiger partial charge on any atom is 0.337 e. The van der Waals surface area contributed by atoms with Crippen LogP contribution in [0.2, 0.25) is 0 Å². The lowest BCUT2D eigenvalue weighted by molar-refractivity contribution is -0.160. The van der Waals surface area contributed by atoms with Crippen LogP contribution >= 0.6 is 0 Å². The third kappa shape index (κ3) is 7.17. The molecule has 5 rings (SSSR count). The van der Waals surface area contributed by atoms with Gasteiger partial charge in [0.25, 0.3) is 0 Å². The molecular weight excluding hydrogens is 569 g/mol. The Morgan fingerprint density at radius 3 is 2.42 bits per heavy atom. The van der Waals surface area contributed by atoms with Gasteiger partial charge in [-0.05, 0) is 88.1 Å². The highest BCUT2D eigenvalue weighted by molar-refractivity contribution is 5.88. The summed E-state index contributed by atoms with van der Waals surface area (Å²) in [5.41, 5.74) is 7.73. The first-order valence-electron chi connectivity index (χ1n) is 16.0. The number of aromatic nitrogens is 1. The van der Waals surface area contributed by atoms with Crippen molar-refractivity contribution < 1.29 is 23.8 Å². The number of aryl methyl sites for hydroxylation is 2. The second-order valence-electron chi connectivity index (χ2n) is 14.4. The van der Waals surface area contributed by atoms with Crippen LogP contribution in [0.25, 0.3) is 11.1 Å². The van der Waals surface area contributed by atoms with Crippen LogP contribution in [0.1, 0.15) is 87.2 Å². The maximum absolute atomic E-state index is 14.7. The highest BCUT2D eigenvalue weighted by Gasteiger charge is 2.36. The molecule has 8 heteroatoms. The number of piperidine rings is 1. The molecule has 1 saturated heterocycles. The molecule has 2 aromatic carbocycles. The van der Waals surface area contributed by atoms with E-state index in [1.54, 1.807) is 19.2 Å². The monoisotopic (exact) mass is 617 g/mol. The number of benzene rings is 2. The Morgan fingerprint density at radius 1 is 1.07 bits per heavy atom. The molecule has 1 aromatic heterocycles. The molecule has 2 aliphatic rings. The van der Waals surface area contributed by atoms with E-state index in [1.165, 1.54) is 17.2 Å². The minimum Gasteiger partial charge on any atom is -0.496 e. The summed E-state index contributed by atoms with van der Waals surface area (Å²) >= 11 is 0. The van der Waals surface area contributed by atoms with E-state index in [2.05, 4.69) is 41.8 Å². The van der Waals surface area contributed by atoms with E-state index in [9.17, 15) is 14.3 Å². The fraction of sp³-hybridized carbons (Fsp3) is 0.514. The molecule has 2 aliphatic heterocycles. The van der Waals surface area contributed by atoms with Crippen LogP contribution in [0.5, 0.6) is 5.75 Å². The van der Waals surface area contributed by atoms with E-state index in [4.69, 9.17) is 14.5 Å². The quantitative estimate of drug-likeness (QED) is 0.278. The Morgan fingerprint density at radius 2 is 1.78 bits per heavy atom. The van der Waals surface area contributed by atoms with Crippen LogP contribution in [0.15, 0.2) is 36.4 Å². The Hall–Kier alpha value is -3.49. The summed E-state index contributed by atoms with van der Waals surface area (Å²) in [5, 5.41) is 10.5. The third-order valence-electron chi connectivity index (χ3n) is 9.23. The Bertz CT molecular complexity index is 1570. The van der Waals surface area contributed by atoms with Gasteiger partial charge in [-0.1, -0.05) is 38.1 Å². The molecule has 3 aromatic rings. The summed E-state index contributed by atoms with van der Waals surface area (Å²) in [4.78, 5) is 22.4. The predicted molar refractivity (Wildman–Crippen MR) is 176 cm³/mol. The lowest BCUT2D eigenvalue weighted by Gasteiger charge is -2.41. The van der Waals surface area contributed by atoms with Gasteiger partial charge in [-0.25, -0.2) is 9.18 Å².